The number of amides is 1. The van der Waals surface area contributed by atoms with E-state index in [-0.39, 0.29) is 18.4 Å². The van der Waals surface area contributed by atoms with Crippen molar-refractivity contribution in [2.24, 2.45) is 17.6 Å². The van der Waals surface area contributed by atoms with E-state index in [0.717, 1.165) is 57.1 Å². The number of carbonyl (C=O) groups is 1. The zero-order chi connectivity index (χ0) is 27.6. The Morgan fingerprint density at radius 1 is 1.28 bits per heavy atom. The molecule has 0 bridgehead atoms. The first-order valence-electron chi connectivity index (χ1n) is 13.1. The first-order chi connectivity index (χ1) is 17.2. The molecule has 0 saturated carbocycles. The highest BCUT2D eigenvalue weighted by molar-refractivity contribution is 5.79. The largest absolute Gasteiger partial charge is 0.417 e. The monoisotopic (exact) mass is 513 g/mol. The summed E-state index contributed by atoms with van der Waals surface area (Å²) in [6.07, 6.45) is 12.0. The fourth-order valence-electron chi connectivity index (χ4n) is 4.03. The van der Waals surface area contributed by atoms with Crippen LogP contribution in [0.1, 0.15) is 89.5 Å². The number of terminal acetylenes is 1. The van der Waals surface area contributed by atoms with Gasteiger partial charge in [0.2, 0.25) is 5.91 Å². The van der Waals surface area contributed by atoms with Crippen LogP contribution >= 0.6 is 0 Å². The van der Waals surface area contributed by atoms with Crippen LogP contribution in [0.5, 0.6) is 0 Å². The highest BCUT2D eigenvalue weighted by atomic mass is 19.4. The van der Waals surface area contributed by atoms with E-state index in [2.05, 4.69) is 38.6 Å². The third-order valence-corrected chi connectivity index (χ3v) is 5.81. The third kappa shape index (κ3) is 12.7. The number of ether oxygens (including phenoxy) is 1. The Morgan fingerprint density at radius 2 is 1.94 bits per heavy atom. The minimum atomic E-state index is -4.42. The van der Waals surface area contributed by atoms with Crippen molar-refractivity contribution < 1.29 is 22.7 Å². The third-order valence-electron chi connectivity index (χ3n) is 5.81. The number of pyridine rings is 1. The van der Waals surface area contributed by atoms with Crippen molar-refractivity contribution in [3.63, 3.8) is 0 Å². The molecule has 0 unspecified atom stereocenters. The number of rotatable bonds is 6. The second kappa shape index (κ2) is 19.1. The average Bonchev–Trinajstić information content (AvgIpc) is 2.87. The summed E-state index contributed by atoms with van der Waals surface area (Å²) >= 11 is 0. The van der Waals surface area contributed by atoms with Crippen LogP contribution in [0.2, 0.25) is 0 Å². The van der Waals surface area contributed by atoms with Crippen LogP contribution in [-0.4, -0.2) is 42.1 Å². The minimum Gasteiger partial charge on any atom is -0.381 e. The molecule has 1 aromatic heterocycles. The lowest BCUT2D eigenvalue weighted by Gasteiger charge is -2.31. The maximum absolute atomic E-state index is 12.8. The number of nitrogens with two attached hydrogens (primary N) is 1. The SMILES string of the molecule is C#C.CCC.CCC[C@H](CCCN)C(=O)N1CCc2ncc(C(F)(F)F)cc2C1.C[C@H]1CCCOC1. The second-order valence-corrected chi connectivity index (χ2v) is 9.28. The van der Waals surface area contributed by atoms with Gasteiger partial charge >= 0.3 is 6.18 Å². The molecule has 2 atom stereocenters. The number of alkyl halides is 3. The predicted octanol–water partition coefficient (Wildman–Crippen LogP) is 6.24. The van der Waals surface area contributed by atoms with Gasteiger partial charge in [-0.15, -0.1) is 12.8 Å². The summed E-state index contributed by atoms with van der Waals surface area (Å²) in [5, 5.41) is 0. The average molecular weight is 514 g/mol. The molecule has 2 N–H and O–H groups in total. The van der Waals surface area contributed by atoms with E-state index in [4.69, 9.17) is 10.5 Å². The van der Waals surface area contributed by atoms with Crippen molar-refractivity contribution in [3.8, 4) is 12.8 Å². The molecule has 3 rings (SSSR count). The van der Waals surface area contributed by atoms with Crippen LogP contribution in [0, 0.1) is 24.7 Å². The molecule has 36 heavy (non-hydrogen) atoms. The summed E-state index contributed by atoms with van der Waals surface area (Å²) in [5.74, 6) is 0.737. The Kier molecular flexibility index (Phi) is 17.9. The fraction of sp³-hybridized carbons (Fsp3) is 0.714. The Hall–Kier alpha value is -2.11. The second-order valence-electron chi connectivity index (χ2n) is 9.28. The molecule has 0 aliphatic carbocycles. The van der Waals surface area contributed by atoms with Gasteiger partial charge in [-0.3, -0.25) is 9.78 Å². The molecule has 8 heteroatoms. The smallest absolute Gasteiger partial charge is 0.381 e. The summed E-state index contributed by atoms with van der Waals surface area (Å²) in [7, 11) is 0. The maximum Gasteiger partial charge on any atom is 0.417 e. The van der Waals surface area contributed by atoms with E-state index in [1.54, 1.807) is 4.90 Å². The zero-order valence-electron chi connectivity index (χ0n) is 22.6. The summed E-state index contributed by atoms with van der Waals surface area (Å²) in [5.41, 5.74) is 5.92. The van der Waals surface area contributed by atoms with Gasteiger partial charge in [0.15, 0.2) is 0 Å². The van der Waals surface area contributed by atoms with Crippen molar-refractivity contribution in [2.75, 3.05) is 26.3 Å². The lowest BCUT2D eigenvalue weighted by molar-refractivity contribution is -0.138. The first-order valence-corrected chi connectivity index (χ1v) is 13.1. The highest BCUT2D eigenvalue weighted by Gasteiger charge is 2.33. The van der Waals surface area contributed by atoms with Crippen molar-refractivity contribution in [1.82, 2.24) is 9.88 Å². The lowest BCUT2D eigenvalue weighted by atomic mass is 9.94. The number of hydrogen-bond acceptors (Lipinski definition) is 4. The van der Waals surface area contributed by atoms with Crippen LogP contribution in [0.25, 0.3) is 0 Å². The molecule has 2 aliphatic rings. The van der Waals surface area contributed by atoms with Gasteiger partial charge in [0.05, 0.1) is 5.56 Å². The fourth-order valence-corrected chi connectivity index (χ4v) is 4.03. The van der Waals surface area contributed by atoms with Crippen LogP contribution in [0.15, 0.2) is 12.3 Å². The van der Waals surface area contributed by atoms with Gasteiger partial charge in [-0.2, -0.15) is 13.2 Å². The number of fused-ring (bicyclic) bond motifs is 1. The zero-order valence-corrected chi connectivity index (χ0v) is 22.6. The number of hydrogen-bond donors (Lipinski definition) is 1. The minimum absolute atomic E-state index is 0.0216. The van der Waals surface area contributed by atoms with E-state index in [1.165, 1.54) is 19.3 Å². The van der Waals surface area contributed by atoms with Crippen LogP contribution in [0.3, 0.4) is 0 Å². The van der Waals surface area contributed by atoms with Gasteiger partial charge in [0.25, 0.3) is 0 Å². The van der Waals surface area contributed by atoms with Gasteiger partial charge in [0.1, 0.15) is 0 Å². The number of nitrogens with zero attached hydrogens (tertiary/aromatic N) is 2. The summed E-state index contributed by atoms with van der Waals surface area (Å²) < 4.78 is 43.7. The van der Waals surface area contributed by atoms with E-state index in [0.29, 0.717) is 30.8 Å². The first kappa shape index (κ1) is 33.9. The predicted molar refractivity (Wildman–Crippen MR) is 140 cm³/mol. The Balaban J connectivity index is 0.000000845. The highest BCUT2D eigenvalue weighted by Crippen LogP contribution is 2.31. The normalized spacial score (nSPS) is 17.6. The number of halogens is 3. The van der Waals surface area contributed by atoms with Gasteiger partial charge < -0.3 is 15.4 Å². The summed E-state index contributed by atoms with van der Waals surface area (Å²) in [4.78, 5) is 18.3. The quantitative estimate of drug-likeness (QED) is 0.457. The van der Waals surface area contributed by atoms with E-state index >= 15 is 0 Å². The van der Waals surface area contributed by atoms with Gasteiger partial charge in [0, 0.05) is 50.5 Å². The molecule has 0 aromatic carbocycles. The molecule has 5 nitrogen and oxygen atoms in total. The standard InChI is InChI=1S/C17H24F3N3O.C6H12O.C3H8.C2H2/c1-2-4-12(5-3-7-21)16(24)23-8-6-15-13(11-23)9-14(10-22-15)17(18,19)20;1-6-3-2-4-7-5-6;1-3-2;1-2/h9-10,12H,2-8,11,21H2,1H3;6H,2-5H2,1H3;3H2,1-2H3;1-2H/t12-;6-;;/m10../s1. The molecular weight excluding hydrogens is 467 g/mol. The summed E-state index contributed by atoms with van der Waals surface area (Å²) in [6.45, 7) is 11.7. The molecule has 2 aliphatic heterocycles. The number of carbonyl (C=O) groups excluding carboxylic acids is 1. The van der Waals surface area contributed by atoms with E-state index in [1.807, 2.05) is 6.92 Å². The van der Waals surface area contributed by atoms with E-state index in [9.17, 15) is 18.0 Å². The molecule has 0 radical (unpaired) electrons. The molecule has 0 spiro atoms. The Labute approximate surface area is 216 Å². The molecular formula is C28H46F3N3O2. The van der Waals surface area contributed by atoms with Crippen LogP contribution in [-0.2, 0) is 28.7 Å². The molecule has 206 valence electrons. The van der Waals surface area contributed by atoms with Crippen LogP contribution in [0.4, 0.5) is 13.2 Å². The number of aromatic nitrogens is 1. The van der Waals surface area contributed by atoms with Crippen molar-refractivity contribution in [2.45, 2.75) is 91.8 Å². The lowest BCUT2D eigenvalue weighted by Crippen LogP contribution is -2.40. The van der Waals surface area contributed by atoms with Crippen molar-refractivity contribution in [1.29, 1.82) is 0 Å². The Morgan fingerprint density at radius 3 is 2.42 bits per heavy atom. The molecule has 1 fully saturated rings. The van der Waals surface area contributed by atoms with Gasteiger partial charge in [-0.1, -0.05) is 40.5 Å². The Bertz CT molecular complexity index is 747. The molecule has 1 saturated heterocycles. The van der Waals surface area contributed by atoms with Crippen LogP contribution < -0.4 is 5.73 Å². The van der Waals surface area contributed by atoms with Gasteiger partial charge in [-0.05, 0) is 56.2 Å². The molecule has 1 aromatic rings. The van der Waals surface area contributed by atoms with Crippen molar-refractivity contribution >= 4 is 5.91 Å². The summed E-state index contributed by atoms with van der Waals surface area (Å²) in [6, 6.07) is 1.12. The molecule has 1 amide bonds. The molecule has 3 heterocycles. The van der Waals surface area contributed by atoms with E-state index < -0.39 is 11.7 Å². The maximum atomic E-state index is 12.8. The van der Waals surface area contributed by atoms with Gasteiger partial charge in [-0.25, -0.2) is 0 Å². The topological polar surface area (TPSA) is 68.5 Å². The van der Waals surface area contributed by atoms with Crippen molar-refractivity contribution in [3.05, 3.63) is 29.1 Å².